The number of benzene rings is 1. The van der Waals surface area contributed by atoms with Gasteiger partial charge in [-0.05, 0) is 25.0 Å². The molecule has 0 bridgehead atoms. The first-order valence-corrected chi connectivity index (χ1v) is 8.48. The minimum absolute atomic E-state index is 0. The van der Waals surface area contributed by atoms with E-state index in [-0.39, 0.29) is 24.0 Å². The van der Waals surface area contributed by atoms with Crippen LogP contribution in [0.5, 0.6) is 0 Å². The molecule has 0 aliphatic rings. The summed E-state index contributed by atoms with van der Waals surface area (Å²) in [5, 5.41) is 9.05. The van der Waals surface area contributed by atoms with E-state index < -0.39 is 0 Å². The zero-order valence-electron chi connectivity index (χ0n) is 13.8. The highest BCUT2D eigenvalue weighted by Crippen LogP contribution is 2.17. The highest BCUT2D eigenvalue weighted by molar-refractivity contribution is 14.0. The minimum Gasteiger partial charge on any atom is -0.361 e. The number of fused-ring (bicyclic) bond motifs is 1. The van der Waals surface area contributed by atoms with E-state index in [4.69, 9.17) is 0 Å². The lowest BCUT2D eigenvalue weighted by Gasteiger charge is -2.10. The number of halogens is 1. The van der Waals surface area contributed by atoms with Gasteiger partial charge in [-0.3, -0.25) is 4.99 Å². The number of H-pyrrole nitrogens is 1. The zero-order chi connectivity index (χ0) is 16.1. The first-order chi connectivity index (χ1) is 11.3. The molecule has 2 heterocycles. The van der Waals surface area contributed by atoms with Crippen LogP contribution in [0.15, 0.2) is 41.7 Å². The average Bonchev–Trinajstić information content (AvgIpc) is 3.17. The van der Waals surface area contributed by atoms with Crippen molar-refractivity contribution in [3.8, 4) is 0 Å². The lowest BCUT2D eigenvalue weighted by Crippen LogP contribution is -2.37. The van der Waals surface area contributed by atoms with Crippen LogP contribution in [-0.4, -0.2) is 29.5 Å². The third kappa shape index (κ3) is 4.70. The Kier molecular flexibility index (Phi) is 7.04. The quantitative estimate of drug-likeness (QED) is 0.314. The summed E-state index contributed by atoms with van der Waals surface area (Å²) in [6.07, 6.45) is 4.94. The molecule has 3 N–H and O–H groups in total. The number of hydrogen-bond acceptors (Lipinski definition) is 3. The summed E-state index contributed by atoms with van der Waals surface area (Å²) in [5.41, 5.74) is 2.51. The number of para-hydroxylation sites is 1. The second kappa shape index (κ2) is 9.03. The first kappa shape index (κ1) is 18.7. The van der Waals surface area contributed by atoms with Crippen LogP contribution in [0.25, 0.3) is 10.9 Å². The van der Waals surface area contributed by atoms with Gasteiger partial charge in [-0.15, -0.1) is 35.3 Å². The van der Waals surface area contributed by atoms with Gasteiger partial charge in [0.1, 0.15) is 0 Å². The predicted molar refractivity (Wildman–Crippen MR) is 112 cm³/mol. The molecule has 0 atom stereocenters. The summed E-state index contributed by atoms with van der Waals surface area (Å²) in [6, 6.07) is 8.38. The lowest BCUT2D eigenvalue weighted by atomic mass is 10.1. The van der Waals surface area contributed by atoms with Crippen LogP contribution in [0, 0.1) is 6.92 Å². The second-order valence-corrected chi connectivity index (χ2v) is 6.63. The van der Waals surface area contributed by atoms with Gasteiger partial charge in [-0.1, -0.05) is 18.2 Å². The molecule has 128 valence electrons. The molecular formula is C17H22IN5S. The van der Waals surface area contributed by atoms with Gasteiger partial charge in [0.2, 0.25) is 0 Å². The molecule has 2 aromatic heterocycles. The number of aliphatic imine (C=N–C) groups is 1. The lowest BCUT2D eigenvalue weighted by molar-refractivity contribution is 0.800. The molecule has 0 radical (unpaired) electrons. The van der Waals surface area contributed by atoms with Crippen LogP contribution in [-0.2, 0) is 13.0 Å². The number of aryl methyl sites for hydroxylation is 1. The van der Waals surface area contributed by atoms with Gasteiger partial charge in [0.05, 0.1) is 11.6 Å². The second-order valence-electron chi connectivity index (χ2n) is 5.31. The molecule has 0 saturated carbocycles. The standard InChI is InChI=1S/C17H21N5S.HI/c1-12-20-10-14(23-12)11-22-17(18-2)19-8-7-13-9-21-16-6-4-3-5-15(13)16;/h3-6,9-10,21H,7-8,11H2,1-2H3,(H2,18,19,22);1H. The topological polar surface area (TPSA) is 65.1 Å². The fraction of sp³-hybridized carbons (Fsp3) is 0.294. The minimum atomic E-state index is 0. The Morgan fingerprint density at radius 2 is 2.12 bits per heavy atom. The Bertz CT molecular complexity index is 808. The summed E-state index contributed by atoms with van der Waals surface area (Å²) in [5.74, 6) is 0.816. The van der Waals surface area contributed by atoms with Crippen molar-refractivity contribution in [2.75, 3.05) is 13.6 Å². The Hall–Kier alpha value is -1.61. The Morgan fingerprint density at radius 3 is 2.88 bits per heavy atom. The highest BCUT2D eigenvalue weighted by Gasteiger charge is 2.04. The van der Waals surface area contributed by atoms with Crippen molar-refractivity contribution in [3.05, 3.63) is 52.1 Å². The molecule has 1 aromatic carbocycles. The van der Waals surface area contributed by atoms with E-state index in [1.54, 1.807) is 18.4 Å². The SMILES string of the molecule is CN=C(NCCc1c[nH]c2ccccc12)NCc1cnc(C)s1.I. The number of rotatable bonds is 5. The summed E-state index contributed by atoms with van der Waals surface area (Å²) in [6.45, 7) is 3.60. The molecule has 0 unspecified atom stereocenters. The van der Waals surface area contributed by atoms with Gasteiger partial charge in [-0.25, -0.2) is 4.98 Å². The maximum atomic E-state index is 4.26. The monoisotopic (exact) mass is 455 g/mol. The van der Waals surface area contributed by atoms with Gasteiger partial charge in [-0.2, -0.15) is 0 Å². The highest BCUT2D eigenvalue weighted by atomic mass is 127. The molecule has 0 aliphatic carbocycles. The number of hydrogen-bond donors (Lipinski definition) is 3. The normalized spacial score (nSPS) is 11.3. The van der Waals surface area contributed by atoms with Crippen LogP contribution < -0.4 is 10.6 Å². The van der Waals surface area contributed by atoms with E-state index in [1.807, 2.05) is 19.2 Å². The molecular weight excluding hydrogens is 433 g/mol. The molecule has 0 amide bonds. The zero-order valence-corrected chi connectivity index (χ0v) is 16.9. The van der Waals surface area contributed by atoms with E-state index in [0.29, 0.717) is 0 Å². The molecule has 0 spiro atoms. The Morgan fingerprint density at radius 1 is 1.29 bits per heavy atom. The van der Waals surface area contributed by atoms with E-state index in [0.717, 1.165) is 30.5 Å². The van der Waals surface area contributed by atoms with Gasteiger partial charge < -0.3 is 15.6 Å². The fourth-order valence-electron chi connectivity index (χ4n) is 2.53. The van der Waals surface area contributed by atoms with Crippen molar-refractivity contribution in [2.24, 2.45) is 4.99 Å². The fourth-order valence-corrected chi connectivity index (χ4v) is 3.27. The van der Waals surface area contributed by atoms with Gasteiger partial charge in [0, 0.05) is 41.8 Å². The summed E-state index contributed by atoms with van der Waals surface area (Å²) < 4.78 is 0. The summed E-state index contributed by atoms with van der Waals surface area (Å²) in [4.78, 5) is 13.0. The number of nitrogens with one attached hydrogen (secondary N) is 3. The molecule has 3 rings (SSSR count). The number of nitrogens with zero attached hydrogens (tertiary/aromatic N) is 2. The Labute approximate surface area is 163 Å². The smallest absolute Gasteiger partial charge is 0.191 e. The van der Waals surface area contributed by atoms with Gasteiger partial charge in [0.25, 0.3) is 0 Å². The predicted octanol–water partition coefficient (Wildman–Crippen LogP) is 3.46. The van der Waals surface area contributed by atoms with E-state index in [1.165, 1.54) is 21.3 Å². The third-order valence-electron chi connectivity index (χ3n) is 3.68. The molecule has 0 fully saturated rings. The van der Waals surface area contributed by atoms with Crippen molar-refractivity contribution < 1.29 is 0 Å². The van der Waals surface area contributed by atoms with E-state index in [2.05, 4.69) is 50.0 Å². The molecule has 24 heavy (non-hydrogen) atoms. The van der Waals surface area contributed by atoms with Crippen molar-refractivity contribution in [3.63, 3.8) is 0 Å². The molecule has 3 aromatic rings. The van der Waals surface area contributed by atoms with Gasteiger partial charge >= 0.3 is 0 Å². The number of aromatic amines is 1. The molecule has 0 aliphatic heterocycles. The number of guanidine groups is 1. The average molecular weight is 455 g/mol. The van der Waals surface area contributed by atoms with Crippen LogP contribution >= 0.6 is 35.3 Å². The summed E-state index contributed by atoms with van der Waals surface area (Å²) in [7, 11) is 1.79. The largest absolute Gasteiger partial charge is 0.361 e. The van der Waals surface area contributed by atoms with Crippen LogP contribution in [0.2, 0.25) is 0 Å². The molecule has 7 heteroatoms. The van der Waals surface area contributed by atoms with E-state index >= 15 is 0 Å². The van der Waals surface area contributed by atoms with Gasteiger partial charge in [0.15, 0.2) is 5.96 Å². The maximum Gasteiger partial charge on any atom is 0.191 e. The van der Waals surface area contributed by atoms with Crippen molar-refractivity contribution in [1.82, 2.24) is 20.6 Å². The van der Waals surface area contributed by atoms with Crippen molar-refractivity contribution >= 4 is 52.2 Å². The number of aromatic nitrogens is 2. The number of thiazole rings is 1. The van der Waals surface area contributed by atoms with Crippen LogP contribution in [0.3, 0.4) is 0 Å². The van der Waals surface area contributed by atoms with Crippen LogP contribution in [0.4, 0.5) is 0 Å². The van der Waals surface area contributed by atoms with Crippen molar-refractivity contribution in [2.45, 2.75) is 19.9 Å². The third-order valence-corrected chi connectivity index (χ3v) is 4.60. The molecule has 5 nitrogen and oxygen atoms in total. The Balaban J connectivity index is 0.00000208. The van der Waals surface area contributed by atoms with E-state index in [9.17, 15) is 0 Å². The summed E-state index contributed by atoms with van der Waals surface area (Å²) >= 11 is 1.70. The maximum absolute atomic E-state index is 4.26. The first-order valence-electron chi connectivity index (χ1n) is 7.67. The van der Waals surface area contributed by atoms with Crippen molar-refractivity contribution in [1.29, 1.82) is 0 Å². The molecule has 0 saturated heterocycles. The van der Waals surface area contributed by atoms with Crippen LogP contribution in [0.1, 0.15) is 15.4 Å².